The largest absolute Gasteiger partial charge is 0.438 e. The molecule has 2 aromatic rings. The van der Waals surface area contributed by atoms with Crippen molar-refractivity contribution in [3.8, 4) is 0 Å². The highest BCUT2D eigenvalue weighted by molar-refractivity contribution is 7.89. The molecule has 0 aliphatic carbocycles. The molecule has 1 atom stereocenters. The summed E-state index contributed by atoms with van der Waals surface area (Å²) < 4.78 is 27.6. The number of rotatable bonds is 3. The quantitative estimate of drug-likeness (QED) is 0.921. The number of amides is 1. The Morgan fingerprint density at radius 2 is 1.83 bits per heavy atom. The Balaban J connectivity index is 1.70. The molecule has 128 valence electrons. The molecule has 2 N–H and O–H groups in total. The van der Waals surface area contributed by atoms with Gasteiger partial charge in [-0.05, 0) is 42.9 Å². The molecule has 1 aliphatic rings. The van der Waals surface area contributed by atoms with Crippen LogP contribution in [-0.2, 0) is 10.0 Å². The predicted octanol–water partition coefficient (Wildman–Crippen LogP) is 2.34. The fourth-order valence-electron chi connectivity index (χ4n) is 3.10. The second kappa shape index (κ2) is 6.78. The molecule has 1 fully saturated rings. The zero-order valence-corrected chi connectivity index (χ0v) is 14.0. The zero-order valence-electron chi connectivity index (χ0n) is 13.2. The van der Waals surface area contributed by atoms with E-state index in [4.69, 9.17) is 9.56 Å². The molecule has 0 spiro atoms. The number of carbonyl (C=O) groups is 1. The molecular formula is C17H20N2O4S. The van der Waals surface area contributed by atoms with Gasteiger partial charge < -0.3 is 9.32 Å². The number of carbonyl (C=O) groups excluding carboxylic acids is 1. The molecular weight excluding hydrogens is 328 g/mol. The average Bonchev–Trinajstić information content (AvgIpc) is 2.94. The van der Waals surface area contributed by atoms with Crippen LogP contribution in [0.1, 0.15) is 41.3 Å². The molecule has 3 rings (SSSR count). The highest BCUT2D eigenvalue weighted by Crippen LogP contribution is 2.28. The van der Waals surface area contributed by atoms with Crippen molar-refractivity contribution in [1.82, 2.24) is 4.90 Å². The minimum atomic E-state index is -3.94. The zero-order chi connectivity index (χ0) is 17.2. The lowest BCUT2D eigenvalue weighted by molar-refractivity contribution is 0.0723. The fraction of sp³-hybridized carbons (Fsp3) is 0.353. The van der Waals surface area contributed by atoms with Crippen molar-refractivity contribution in [2.24, 2.45) is 5.14 Å². The van der Waals surface area contributed by atoms with Gasteiger partial charge >= 0.3 is 0 Å². The van der Waals surface area contributed by atoms with Crippen molar-refractivity contribution in [2.75, 3.05) is 13.1 Å². The van der Waals surface area contributed by atoms with E-state index in [2.05, 4.69) is 12.1 Å². The van der Waals surface area contributed by atoms with Gasteiger partial charge in [0.15, 0.2) is 5.76 Å². The van der Waals surface area contributed by atoms with Crippen molar-refractivity contribution >= 4 is 15.9 Å². The lowest BCUT2D eigenvalue weighted by Crippen LogP contribution is -2.31. The van der Waals surface area contributed by atoms with Crippen LogP contribution in [0.4, 0.5) is 0 Å². The Morgan fingerprint density at radius 3 is 2.50 bits per heavy atom. The van der Waals surface area contributed by atoms with E-state index < -0.39 is 10.0 Å². The summed E-state index contributed by atoms with van der Waals surface area (Å²) >= 11 is 0. The first-order chi connectivity index (χ1) is 11.4. The number of nitrogens with two attached hydrogens (primary N) is 1. The summed E-state index contributed by atoms with van der Waals surface area (Å²) in [6.45, 7) is 1.25. The van der Waals surface area contributed by atoms with E-state index in [1.165, 1.54) is 17.7 Å². The molecule has 1 aliphatic heterocycles. The van der Waals surface area contributed by atoms with E-state index in [0.717, 1.165) is 19.3 Å². The molecule has 6 nitrogen and oxygen atoms in total. The highest BCUT2D eigenvalue weighted by Gasteiger charge is 2.25. The molecule has 1 saturated heterocycles. The SMILES string of the molecule is NS(=O)(=O)c1ccc(C(=O)N2CCC[C@H](c3ccccc3)CC2)o1. The number of hydrogen-bond acceptors (Lipinski definition) is 4. The summed E-state index contributed by atoms with van der Waals surface area (Å²) in [7, 11) is -3.94. The van der Waals surface area contributed by atoms with E-state index in [0.29, 0.717) is 19.0 Å². The number of benzene rings is 1. The first-order valence-corrected chi connectivity index (χ1v) is 9.46. The van der Waals surface area contributed by atoms with Gasteiger partial charge in [0.25, 0.3) is 15.9 Å². The maximum absolute atomic E-state index is 12.5. The third-order valence-electron chi connectivity index (χ3n) is 4.36. The molecule has 0 unspecified atom stereocenters. The third kappa shape index (κ3) is 3.68. The minimum absolute atomic E-state index is 0.0113. The van der Waals surface area contributed by atoms with Gasteiger partial charge in [0.05, 0.1) is 0 Å². The summed E-state index contributed by atoms with van der Waals surface area (Å²) in [6.07, 6.45) is 2.79. The third-order valence-corrected chi connectivity index (χ3v) is 5.14. The van der Waals surface area contributed by atoms with Crippen molar-refractivity contribution in [2.45, 2.75) is 30.3 Å². The van der Waals surface area contributed by atoms with Gasteiger partial charge in [-0.15, -0.1) is 0 Å². The van der Waals surface area contributed by atoms with Crippen LogP contribution >= 0.6 is 0 Å². The molecule has 0 radical (unpaired) electrons. The highest BCUT2D eigenvalue weighted by atomic mass is 32.2. The van der Waals surface area contributed by atoms with Crippen LogP contribution in [0.25, 0.3) is 0 Å². The van der Waals surface area contributed by atoms with Crippen LogP contribution in [0, 0.1) is 0 Å². The Labute approximate surface area is 141 Å². The number of nitrogens with zero attached hydrogens (tertiary/aromatic N) is 1. The lowest BCUT2D eigenvalue weighted by atomic mass is 9.92. The average molecular weight is 348 g/mol. The Hall–Kier alpha value is -2.12. The van der Waals surface area contributed by atoms with Gasteiger partial charge in [-0.1, -0.05) is 30.3 Å². The molecule has 24 heavy (non-hydrogen) atoms. The number of furan rings is 1. The van der Waals surface area contributed by atoms with Crippen molar-refractivity contribution < 1.29 is 17.6 Å². The molecule has 7 heteroatoms. The van der Waals surface area contributed by atoms with Crippen molar-refractivity contribution in [1.29, 1.82) is 0 Å². The number of hydrogen-bond donors (Lipinski definition) is 1. The topological polar surface area (TPSA) is 93.6 Å². The molecule has 1 amide bonds. The molecule has 1 aromatic carbocycles. The summed E-state index contributed by atoms with van der Waals surface area (Å²) in [5, 5.41) is 4.62. The molecule has 0 saturated carbocycles. The summed E-state index contributed by atoms with van der Waals surface area (Å²) in [5.41, 5.74) is 1.29. The van der Waals surface area contributed by atoms with Gasteiger partial charge in [-0.2, -0.15) is 0 Å². The predicted molar refractivity (Wildman–Crippen MR) is 89.0 cm³/mol. The van der Waals surface area contributed by atoms with E-state index in [1.807, 2.05) is 18.2 Å². The van der Waals surface area contributed by atoms with Gasteiger partial charge in [0, 0.05) is 13.1 Å². The standard InChI is InChI=1S/C17H20N2O4S/c18-24(21,22)16-9-8-15(23-16)17(20)19-11-4-7-14(10-12-19)13-5-2-1-3-6-13/h1-3,5-6,8-9,14H,4,7,10-12H2,(H2,18,21,22)/t14-/m0/s1. The van der Waals surface area contributed by atoms with E-state index in [9.17, 15) is 13.2 Å². The van der Waals surface area contributed by atoms with Crippen LogP contribution < -0.4 is 5.14 Å². The molecule has 0 bridgehead atoms. The van der Waals surface area contributed by atoms with Crippen LogP contribution in [0.5, 0.6) is 0 Å². The second-order valence-corrected chi connectivity index (χ2v) is 7.49. The summed E-state index contributed by atoms with van der Waals surface area (Å²) in [6, 6.07) is 12.9. The van der Waals surface area contributed by atoms with E-state index >= 15 is 0 Å². The van der Waals surface area contributed by atoms with E-state index in [1.54, 1.807) is 4.90 Å². The lowest BCUT2D eigenvalue weighted by Gasteiger charge is -2.19. The smallest absolute Gasteiger partial charge is 0.289 e. The number of likely N-dealkylation sites (tertiary alicyclic amines) is 1. The van der Waals surface area contributed by atoms with Crippen molar-refractivity contribution in [3.05, 3.63) is 53.8 Å². The normalized spacial score (nSPS) is 19.0. The van der Waals surface area contributed by atoms with Gasteiger partial charge in [0.2, 0.25) is 5.09 Å². The van der Waals surface area contributed by atoms with Crippen LogP contribution in [-0.4, -0.2) is 32.3 Å². The summed E-state index contributed by atoms with van der Waals surface area (Å²) in [4.78, 5) is 14.2. The van der Waals surface area contributed by atoms with Gasteiger partial charge in [0.1, 0.15) is 0 Å². The first-order valence-electron chi connectivity index (χ1n) is 7.92. The Bertz CT molecular complexity index is 814. The van der Waals surface area contributed by atoms with Crippen LogP contribution in [0.3, 0.4) is 0 Å². The monoisotopic (exact) mass is 348 g/mol. The summed E-state index contributed by atoms with van der Waals surface area (Å²) in [5.74, 6) is 0.149. The minimum Gasteiger partial charge on any atom is -0.438 e. The van der Waals surface area contributed by atoms with E-state index in [-0.39, 0.29) is 16.8 Å². The Morgan fingerprint density at radius 1 is 1.08 bits per heavy atom. The number of sulfonamides is 1. The second-order valence-electron chi connectivity index (χ2n) is 5.99. The van der Waals surface area contributed by atoms with Crippen LogP contribution in [0.15, 0.2) is 52.0 Å². The maximum Gasteiger partial charge on any atom is 0.289 e. The van der Waals surface area contributed by atoms with Gasteiger partial charge in [-0.25, -0.2) is 13.6 Å². The first kappa shape index (κ1) is 16.7. The van der Waals surface area contributed by atoms with Gasteiger partial charge in [-0.3, -0.25) is 4.79 Å². The maximum atomic E-state index is 12.5. The van der Waals surface area contributed by atoms with Crippen LogP contribution in [0.2, 0.25) is 0 Å². The number of primary sulfonamides is 1. The molecule has 2 heterocycles. The Kier molecular flexibility index (Phi) is 4.73. The van der Waals surface area contributed by atoms with Crippen molar-refractivity contribution in [3.63, 3.8) is 0 Å². The molecule has 1 aromatic heterocycles. The fourth-order valence-corrected chi connectivity index (χ4v) is 3.57.